The van der Waals surface area contributed by atoms with Crippen LogP contribution in [0.2, 0.25) is 5.02 Å². The number of hydrogen-bond donors (Lipinski definition) is 1. The lowest BCUT2D eigenvalue weighted by Gasteiger charge is -2.09. The second-order valence-electron chi connectivity index (χ2n) is 3.36. The summed E-state index contributed by atoms with van der Waals surface area (Å²) in [7, 11) is 0. The van der Waals surface area contributed by atoms with Crippen LogP contribution in [0.25, 0.3) is 0 Å². The Labute approximate surface area is 117 Å². The molecular formula is C12H8ClFINO. The average molecular weight is 364 g/mol. The van der Waals surface area contributed by atoms with Gasteiger partial charge in [-0.05, 0) is 46.9 Å². The fourth-order valence-electron chi connectivity index (χ4n) is 1.26. The summed E-state index contributed by atoms with van der Waals surface area (Å²) in [4.78, 5) is 0. The minimum atomic E-state index is -0.556. The molecule has 0 bridgehead atoms. The predicted octanol–water partition coefficient (Wildman–Crippen LogP) is 4.46. The summed E-state index contributed by atoms with van der Waals surface area (Å²) in [6, 6.07) is 9.92. The van der Waals surface area contributed by atoms with E-state index in [-0.39, 0.29) is 10.7 Å². The Balaban J connectivity index is 2.30. The van der Waals surface area contributed by atoms with Crippen molar-refractivity contribution >= 4 is 39.9 Å². The van der Waals surface area contributed by atoms with E-state index in [1.807, 2.05) is 12.1 Å². The molecule has 0 atom stereocenters. The molecule has 2 N–H and O–H groups in total. The second kappa shape index (κ2) is 5.10. The summed E-state index contributed by atoms with van der Waals surface area (Å²) in [5, 5.41) is -0.0142. The number of anilines is 1. The van der Waals surface area contributed by atoms with Crippen molar-refractivity contribution in [3.63, 3.8) is 0 Å². The van der Waals surface area contributed by atoms with E-state index in [0.29, 0.717) is 11.5 Å². The first-order valence-corrected chi connectivity index (χ1v) is 6.20. The van der Waals surface area contributed by atoms with Crippen LogP contribution in [-0.2, 0) is 0 Å². The number of hydrogen-bond acceptors (Lipinski definition) is 2. The van der Waals surface area contributed by atoms with E-state index in [2.05, 4.69) is 22.6 Å². The van der Waals surface area contributed by atoms with Gasteiger partial charge in [-0.1, -0.05) is 11.6 Å². The van der Waals surface area contributed by atoms with E-state index in [9.17, 15) is 4.39 Å². The molecule has 0 aromatic heterocycles. The van der Waals surface area contributed by atoms with Crippen LogP contribution in [0.3, 0.4) is 0 Å². The molecule has 0 saturated carbocycles. The summed E-state index contributed by atoms with van der Waals surface area (Å²) in [5.74, 6) is 0.413. The van der Waals surface area contributed by atoms with Gasteiger partial charge in [0.25, 0.3) is 0 Å². The lowest BCUT2D eigenvalue weighted by Crippen LogP contribution is -1.93. The Kier molecular flexibility index (Phi) is 3.73. The van der Waals surface area contributed by atoms with Crippen LogP contribution in [0.1, 0.15) is 0 Å². The Morgan fingerprint density at radius 2 is 1.82 bits per heavy atom. The Hall–Kier alpha value is -1.01. The molecule has 0 fully saturated rings. The molecule has 0 unspecified atom stereocenters. The Morgan fingerprint density at radius 3 is 2.47 bits per heavy atom. The topological polar surface area (TPSA) is 35.2 Å². The fourth-order valence-corrected chi connectivity index (χ4v) is 1.78. The molecule has 2 nitrogen and oxygen atoms in total. The molecule has 2 rings (SSSR count). The maximum absolute atomic E-state index is 13.1. The average Bonchev–Trinajstić information content (AvgIpc) is 2.29. The van der Waals surface area contributed by atoms with Gasteiger partial charge in [0.1, 0.15) is 11.6 Å². The fraction of sp³-hybridized carbons (Fsp3) is 0. The minimum absolute atomic E-state index is 0.0142. The third kappa shape index (κ3) is 3.01. The highest BCUT2D eigenvalue weighted by Gasteiger charge is 2.08. The highest BCUT2D eigenvalue weighted by Crippen LogP contribution is 2.32. The Bertz CT molecular complexity index is 545. The molecule has 2 aromatic rings. The molecule has 0 aliphatic carbocycles. The number of rotatable bonds is 2. The third-order valence-corrected chi connectivity index (χ3v) is 3.10. The monoisotopic (exact) mass is 363 g/mol. The van der Waals surface area contributed by atoms with Gasteiger partial charge in [0.2, 0.25) is 0 Å². The predicted molar refractivity (Wildman–Crippen MR) is 75.1 cm³/mol. The van der Waals surface area contributed by atoms with Crippen LogP contribution in [0.15, 0.2) is 36.4 Å². The molecule has 0 aliphatic rings. The van der Waals surface area contributed by atoms with Gasteiger partial charge in [0.05, 0.1) is 10.7 Å². The van der Waals surface area contributed by atoms with Crippen molar-refractivity contribution in [3.05, 3.63) is 50.8 Å². The third-order valence-electron chi connectivity index (χ3n) is 2.09. The first-order chi connectivity index (χ1) is 8.06. The Morgan fingerprint density at radius 1 is 1.18 bits per heavy atom. The van der Waals surface area contributed by atoms with Gasteiger partial charge in [-0.15, -0.1) is 0 Å². The van der Waals surface area contributed by atoms with Gasteiger partial charge in [0, 0.05) is 15.7 Å². The van der Waals surface area contributed by atoms with Gasteiger partial charge >= 0.3 is 0 Å². The van der Waals surface area contributed by atoms with E-state index in [1.165, 1.54) is 6.07 Å². The van der Waals surface area contributed by atoms with Crippen molar-refractivity contribution in [1.29, 1.82) is 0 Å². The normalized spacial score (nSPS) is 10.3. The maximum Gasteiger partial charge on any atom is 0.151 e. The lowest BCUT2D eigenvalue weighted by molar-refractivity contribution is 0.483. The van der Waals surface area contributed by atoms with Crippen molar-refractivity contribution < 1.29 is 9.13 Å². The summed E-state index contributed by atoms with van der Waals surface area (Å²) in [6.07, 6.45) is 0. The largest absolute Gasteiger partial charge is 0.455 e. The van der Waals surface area contributed by atoms with Crippen molar-refractivity contribution in [1.82, 2.24) is 0 Å². The smallest absolute Gasteiger partial charge is 0.151 e. The molecule has 0 saturated heterocycles. The first kappa shape index (κ1) is 12.4. The number of benzene rings is 2. The van der Waals surface area contributed by atoms with Crippen LogP contribution in [0.5, 0.6) is 11.5 Å². The lowest BCUT2D eigenvalue weighted by atomic mass is 10.3. The van der Waals surface area contributed by atoms with Crippen molar-refractivity contribution in [2.75, 3.05) is 5.73 Å². The van der Waals surface area contributed by atoms with Crippen LogP contribution in [0.4, 0.5) is 10.1 Å². The summed E-state index contributed by atoms with van der Waals surface area (Å²) < 4.78 is 19.7. The first-order valence-electron chi connectivity index (χ1n) is 4.74. The van der Waals surface area contributed by atoms with Gasteiger partial charge in [0.15, 0.2) is 5.75 Å². The number of nitrogen functional groups attached to an aromatic ring is 1. The maximum atomic E-state index is 13.1. The second-order valence-corrected chi connectivity index (χ2v) is 5.01. The summed E-state index contributed by atoms with van der Waals surface area (Å²) in [5.41, 5.74) is 5.86. The molecule has 5 heteroatoms. The van der Waals surface area contributed by atoms with E-state index >= 15 is 0 Å². The van der Waals surface area contributed by atoms with Crippen molar-refractivity contribution in [2.45, 2.75) is 0 Å². The van der Waals surface area contributed by atoms with Crippen LogP contribution >= 0.6 is 34.2 Å². The van der Waals surface area contributed by atoms with E-state index in [0.717, 1.165) is 9.64 Å². The molecule has 0 spiro atoms. The van der Waals surface area contributed by atoms with Crippen molar-refractivity contribution in [3.8, 4) is 11.5 Å². The number of ether oxygens (including phenoxy) is 1. The van der Waals surface area contributed by atoms with E-state index < -0.39 is 5.82 Å². The summed E-state index contributed by atoms with van der Waals surface area (Å²) >= 11 is 7.86. The quantitative estimate of drug-likeness (QED) is 0.632. The molecule has 17 heavy (non-hydrogen) atoms. The molecule has 88 valence electrons. The van der Waals surface area contributed by atoms with Gasteiger partial charge in [-0.3, -0.25) is 0 Å². The van der Waals surface area contributed by atoms with Crippen molar-refractivity contribution in [2.24, 2.45) is 0 Å². The standard InChI is InChI=1S/C12H8ClFINO/c13-9-5-12(11(16)6-10(9)14)17-8-3-1-7(15)2-4-8/h1-6H,16H2. The minimum Gasteiger partial charge on any atom is -0.455 e. The molecule has 2 aromatic carbocycles. The molecule has 0 radical (unpaired) electrons. The van der Waals surface area contributed by atoms with Gasteiger partial charge < -0.3 is 10.5 Å². The number of nitrogens with two attached hydrogens (primary N) is 1. The van der Waals surface area contributed by atoms with Gasteiger partial charge in [-0.2, -0.15) is 0 Å². The number of halogens is 3. The SMILES string of the molecule is Nc1cc(F)c(Cl)cc1Oc1ccc(I)cc1. The van der Waals surface area contributed by atoms with E-state index in [1.54, 1.807) is 12.1 Å². The zero-order valence-corrected chi connectivity index (χ0v) is 11.5. The van der Waals surface area contributed by atoms with Crippen LogP contribution in [0, 0.1) is 9.39 Å². The van der Waals surface area contributed by atoms with Crippen LogP contribution < -0.4 is 10.5 Å². The molecule has 0 heterocycles. The molecular weight excluding hydrogens is 355 g/mol. The zero-order valence-electron chi connectivity index (χ0n) is 8.58. The molecule has 0 aliphatic heterocycles. The van der Waals surface area contributed by atoms with Gasteiger partial charge in [-0.25, -0.2) is 4.39 Å². The highest BCUT2D eigenvalue weighted by molar-refractivity contribution is 14.1. The summed E-state index contributed by atoms with van der Waals surface area (Å²) in [6.45, 7) is 0. The highest BCUT2D eigenvalue weighted by atomic mass is 127. The van der Waals surface area contributed by atoms with Crippen LogP contribution in [-0.4, -0.2) is 0 Å². The van der Waals surface area contributed by atoms with E-state index in [4.69, 9.17) is 22.1 Å². The molecule has 0 amide bonds. The zero-order chi connectivity index (χ0) is 12.4.